The number of benzene rings is 2. The van der Waals surface area contributed by atoms with Gasteiger partial charge in [-0.1, -0.05) is 6.07 Å². The van der Waals surface area contributed by atoms with Gasteiger partial charge in [0, 0.05) is 29.2 Å². The van der Waals surface area contributed by atoms with Gasteiger partial charge in [0.15, 0.2) is 0 Å². The van der Waals surface area contributed by atoms with E-state index in [2.05, 4.69) is 51.6 Å². The predicted octanol–water partition coefficient (Wildman–Crippen LogP) is 3.99. The Balaban J connectivity index is 1.59. The van der Waals surface area contributed by atoms with Crippen LogP contribution >= 0.6 is 15.9 Å². The summed E-state index contributed by atoms with van der Waals surface area (Å²) in [5, 5.41) is 7.58. The zero-order chi connectivity index (χ0) is 23.9. The fourth-order valence-electron chi connectivity index (χ4n) is 3.30. The molecule has 34 heavy (non-hydrogen) atoms. The molecule has 1 aliphatic rings. The zero-order valence-corrected chi connectivity index (χ0v) is 20.8. The van der Waals surface area contributed by atoms with Crippen LogP contribution in [0.4, 0.5) is 23.5 Å². The monoisotopic (exact) mass is 527 g/mol. The van der Waals surface area contributed by atoms with E-state index in [1.807, 2.05) is 37.3 Å². The van der Waals surface area contributed by atoms with Crippen molar-refractivity contribution >= 4 is 45.7 Å². The van der Waals surface area contributed by atoms with Gasteiger partial charge in [0.2, 0.25) is 17.8 Å². The van der Waals surface area contributed by atoms with Gasteiger partial charge in [-0.2, -0.15) is 20.1 Å². The molecule has 1 aliphatic heterocycles. The molecule has 0 unspecified atom stereocenters. The first-order valence-electron chi connectivity index (χ1n) is 10.7. The minimum Gasteiger partial charge on any atom is -0.497 e. The van der Waals surface area contributed by atoms with Crippen LogP contribution in [0.1, 0.15) is 11.1 Å². The Morgan fingerprint density at radius 2 is 1.82 bits per heavy atom. The van der Waals surface area contributed by atoms with E-state index < -0.39 is 0 Å². The van der Waals surface area contributed by atoms with Gasteiger partial charge in [0.1, 0.15) is 11.5 Å². The highest BCUT2D eigenvalue weighted by molar-refractivity contribution is 9.10. The normalized spacial score (nSPS) is 13.7. The molecule has 11 heteroatoms. The van der Waals surface area contributed by atoms with Gasteiger partial charge in [-0.15, -0.1) is 0 Å². The van der Waals surface area contributed by atoms with Crippen molar-refractivity contribution in [1.82, 2.24) is 15.0 Å². The number of halogens is 1. The lowest BCUT2D eigenvalue weighted by Crippen LogP contribution is -2.37. The Hall–Kier alpha value is -3.44. The van der Waals surface area contributed by atoms with E-state index in [0.29, 0.717) is 55.6 Å². The molecule has 4 rings (SSSR count). The van der Waals surface area contributed by atoms with Crippen LogP contribution in [0.3, 0.4) is 0 Å². The third-order valence-corrected chi connectivity index (χ3v) is 5.75. The van der Waals surface area contributed by atoms with Crippen molar-refractivity contribution in [2.45, 2.75) is 6.92 Å². The van der Waals surface area contributed by atoms with Gasteiger partial charge in [0.05, 0.1) is 39.3 Å². The smallest absolute Gasteiger partial charge is 0.250 e. The molecule has 0 saturated carbocycles. The van der Waals surface area contributed by atoms with Gasteiger partial charge in [0.25, 0.3) is 0 Å². The van der Waals surface area contributed by atoms with Crippen molar-refractivity contribution in [2.24, 2.45) is 5.10 Å². The number of hydrogen-bond acceptors (Lipinski definition) is 10. The van der Waals surface area contributed by atoms with Crippen molar-refractivity contribution in [3.05, 3.63) is 52.0 Å². The molecule has 0 spiro atoms. The first-order chi connectivity index (χ1) is 16.6. The third-order valence-electron chi connectivity index (χ3n) is 5.10. The highest BCUT2D eigenvalue weighted by Crippen LogP contribution is 2.27. The Morgan fingerprint density at radius 1 is 1.03 bits per heavy atom. The Morgan fingerprint density at radius 3 is 2.56 bits per heavy atom. The quantitative estimate of drug-likeness (QED) is 0.332. The topological polar surface area (TPSA) is 106 Å². The molecule has 3 aromatic rings. The first kappa shape index (κ1) is 23.7. The van der Waals surface area contributed by atoms with Gasteiger partial charge < -0.3 is 24.4 Å². The number of methoxy groups -OCH3 is 2. The predicted molar refractivity (Wildman–Crippen MR) is 136 cm³/mol. The van der Waals surface area contributed by atoms with Crippen molar-refractivity contribution in [1.29, 1.82) is 0 Å². The molecule has 0 atom stereocenters. The maximum atomic E-state index is 5.46. The number of aryl methyl sites for hydroxylation is 1. The molecule has 2 heterocycles. The SMILES string of the molecule is COc1ccc(C=NNc2nc(Nc3ccc(C)cc3Br)nc(N3CCOCC3)n2)c(OC)c1. The van der Waals surface area contributed by atoms with Crippen LogP contribution in [0.25, 0.3) is 0 Å². The minimum absolute atomic E-state index is 0.311. The zero-order valence-electron chi connectivity index (χ0n) is 19.2. The maximum Gasteiger partial charge on any atom is 0.250 e. The number of anilines is 4. The summed E-state index contributed by atoms with van der Waals surface area (Å²) in [4.78, 5) is 15.7. The number of nitrogens with one attached hydrogen (secondary N) is 2. The van der Waals surface area contributed by atoms with Crippen molar-refractivity contribution in [3.8, 4) is 11.5 Å². The van der Waals surface area contributed by atoms with Crippen LogP contribution < -0.4 is 25.1 Å². The van der Waals surface area contributed by atoms with Crippen LogP contribution in [0.5, 0.6) is 11.5 Å². The summed E-state index contributed by atoms with van der Waals surface area (Å²) >= 11 is 3.59. The maximum absolute atomic E-state index is 5.46. The van der Waals surface area contributed by atoms with Gasteiger partial charge >= 0.3 is 0 Å². The number of hydrogen-bond donors (Lipinski definition) is 2. The number of hydrazone groups is 1. The molecule has 0 bridgehead atoms. The van der Waals surface area contributed by atoms with Crippen LogP contribution in [0.15, 0.2) is 46.0 Å². The average molecular weight is 528 g/mol. The van der Waals surface area contributed by atoms with E-state index in [9.17, 15) is 0 Å². The van der Waals surface area contributed by atoms with Crippen LogP contribution in [0.2, 0.25) is 0 Å². The molecule has 2 aromatic carbocycles. The van der Waals surface area contributed by atoms with E-state index >= 15 is 0 Å². The van der Waals surface area contributed by atoms with E-state index in [-0.39, 0.29) is 0 Å². The number of rotatable bonds is 8. The molecule has 0 amide bonds. The number of nitrogens with zero attached hydrogens (tertiary/aromatic N) is 5. The molecular formula is C23H26BrN7O3. The lowest BCUT2D eigenvalue weighted by Gasteiger charge is -2.27. The lowest BCUT2D eigenvalue weighted by molar-refractivity contribution is 0.122. The van der Waals surface area contributed by atoms with Crippen LogP contribution in [0, 0.1) is 6.92 Å². The van der Waals surface area contributed by atoms with Gasteiger partial charge in [-0.05, 0) is 52.7 Å². The molecule has 1 aromatic heterocycles. The molecule has 178 valence electrons. The highest BCUT2D eigenvalue weighted by atomic mass is 79.9. The summed E-state index contributed by atoms with van der Waals surface area (Å²) in [5.74, 6) is 2.60. The molecule has 0 aliphatic carbocycles. The van der Waals surface area contributed by atoms with E-state index in [4.69, 9.17) is 14.2 Å². The Bertz CT molecular complexity index is 1170. The second kappa shape index (κ2) is 11.1. The Labute approximate surface area is 206 Å². The molecule has 10 nitrogen and oxygen atoms in total. The minimum atomic E-state index is 0.311. The highest BCUT2D eigenvalue weighted by Gasteiger charge is 2.17. The molecule has 1 saturated heterocycles. The number of aromatic nitrogens is 3. The summed E-state index contributed by atoms with van der Waals surface area (Å²) in [7, 11) is 3.21. The fraction of sp³-hybridized carbons (Fsp3) is 0.304. The van der Waals surface area contributed by atoms with E-state index in [1.54, 1.807) is 26.5 Å². The van der Waals surface area contributed by atoms with Crippen molar-refractivity contribution in [2.75, 3.05) is 56.2 Å². The lowest BCUT2D eigenvalue weighted by atomic mass is 10.2. The summed E-state index contributed by atoms with van der Waals surface area (Å²) in [5.41, 5.74) is 5.69. The molecule has 1 fully saturated rings. The summed E-state index contributed by atoms with van der Waals surface area (Å²) < 4.78 is 17.0. The summed E-state index contributed by atoms with van der Waals surface area (Å²) in [6, 6.07) is 11.5. The standard InChI is InChI=1S/C23H26BrN7O3/c1-15-4-7-19(18(24)12-15)26-21-27-22(29-23(28-21)31-8-10-34-11-9-31)30-25-14-16-5-6-17(32-2)13-20(16)33-3/h4-7,12-14H,8-11H2,1-3H3,(H2,26,27,28,29,30). The van der Waals surface area contributed by atoms with Crippen molar-refractivity contribution < 1.29 is 14.2 Å². The van der Waals surface area contributed by atoms with E-state index in [1.165, 1.54) is 0 Å². The summed E-state index contributed by atoms with van der Waals surface area (Å²) in [6.45, 7) is 4.67. The largest absolute Gasteiger partial charge is 0.497 e. The van der Waals surface area contributed by atoms with Gasteiger partial charge in [-0.3, -0.25) is 0 Å². The second-order valence-corrected chi connectivity index (χ2v) is 8.32. The van der Waals surface area contributed by atoms with Crippen LogP contribution in [-0.4, -0.2) is 61.7 Å². The molecular weight excluding hydrogens is 502 g/mol. The molecule has 0 radical (unpaired) electrons. The van der Waals surface area contributed by atoms with Crippen LogP contribution in [-0.2, 0) is 4.74 Å². The average Bonchev–Trinajstić information content (AvgIpc) is 2.86. The fourth-order valence-corrected chi connectivity index (χ4v) is 3.89. The van der Waals surface area contributed by atoms with Crippen molar-refractivity contribution in [3.63, 3.8) is 0 Å². The number of morpholine rings is 1. The first-order valence-corrected chi connectivity index (χ1v) is 11.5. The Kier molecular flexibility index (Phi) is 7.76. The third kappa shape index (κ3) is 5.91. The second-order valence-electron chi connectivity index (χ2n) is 7.47. The molecule has 2 N–H and O–H groups in total. The van der Waals surface area contributed by atoms with E-state index in [0.717, 1.165) is 21.3 Å². The van der Waals surface area contributed by atoms with Gasteiger partial charge in [-0.25, -0.2) is 5.43 Å². The number of ether oxygens (including phenoxy) is 3. The summed E-state index contributed by atoms with van der Waals surface area (Å²) in [6.07, 6.45) is 1.64.